The van der Waals surface area contributed by atoms with Crippen molar-refractivity contribution in [1.82, 2.24) is 5.32 Å². The molecule has 3 rings (SSSR count). The van der Waals surface area contributed by atoms with Crippen molar-refractivity contribution in [3.8, 4) is 0 Å². The molecule has 1 fully saturated rings. The molecule has 33 heavy (non-hydrogen) atoms. The number of carbonyl (C=O) groups excluding carboxylic acids is 1. The maximum atomic E-state index is 14.5. The second-order valence-corrected chi connectivity index (χ2v) is 10.2. The van der Waals surface area contributed by atoms with Crippen LogP contribution in [-0.4, -0.2) is 34.5 Å². The zero-order chi connectivity index (χ0) is 25.2. The zero-order valence-electron chi connectivity index (χ0n) is 18.8. The van der Waals surface area contributed by atoms with Crippen molar-refractivity contribution in [3.05, 3.63) is 34.9 Å². The lowest BCUT2D eigenvalue weighted by atomic mass is 9.73. The Bertz CT molecular complexity index is 901. The molecule has 1 amide bonds. The molecule has 0 bridgehead atoms. The minimum absolute atomic E-state index is 0.138. The number of aliphatic hydroxyl groups is 1. The summed E-state index contributed by atoms with van der Waals surface area (Å²) in [4.78, 5) is 13.0. The second-order valence-electron chi connectivity index (χ2n) is 10.2. The van der Waals surface area contributed by atoms with Gasteiger partial charge in [-0.05, 0) is 76.3 Å². The predicted octanol–water partition coefficient (Wildman–Crippen LogP) is 5.70. The van der Waals surface area contributed by atoms with Gasteiger partial charge in [-0.3, -0.25) is 4.79 Å². The minimum Gasteiger partial charge on any atom is -0.388 e. The van der Waals surface area contributed by atoms with Crippen molar-refractivity contribution in [2.24, 2.45) is 11.8 Å². The molecule has 0 aromatic heterocycles. The minimum atomic E-state index is -6.15. The van der Waals surface area contributed by atoms with Crippen LogP contribution in [0.3, 0.4) is 0 Å². The number of halogens is 7. The normalized spacial score (nSPS) is 24.3. The van der Waals surface area contributed by atoms with Gasteiger partial charge in [-0.1, -0.05) is 18.2 Å². The van der Waals surface area contributed by atoms with E-state index in [0.29, 0.717) is 37.0 Å². The van der Waals surface area contributed by atoms with Crippen LogP contribution in [0.5, 0.6) is 0 Å². The third-order valence-corrected chi connectivity index (χ3v) is 7.59. The summed E-state index contributed by atoms with van der Waals surface area (Å²) in [5.41, 5.74) is -8.21. The number of hydrogen-bond acceptors (Lipinski definition) is 2. The lowest BCUT2D eigenvalue weighted by molar-refractivity contribution is -0.348. The van der Waals surface area contributed by atoms with Gasteiger partial charge in [-0.25, -0.2) is 4.39 Å². The highest BCUT2D eigenvalue weighted by Crippen LogP contribution is 2.55. The van der Waals surface area contributed by atoms with Gasteiger partial charge in [0.25, 0.3) is 0 Å². The van der Waals surface area contributed by atoms with E-state index in [1.165, 1.54) is 0 Å². The predicted molar refractivity (Wildman–Crippen MR) is 107 cm³/mol. The second kappa shape index (κ2) is 7.85. The van der Waals surface area contributed by atoms with Crippen LogP contribution in [0, 0.1) is 11.8 Å². The first-order valence-electron chi connectivity index (χ1n) is 10.8. The van der Waals surface area contributed by atoms with Crippen LogP contribution in [0.15, 0.2) is 18.2 Å². The van der Waals surface area contributed by atoms with Crippen LogP contribution >= 0.6 is 0 Å². The fourth-order valence-electron chi connectivity index (χ4n) is 4.94. The molecule has 1 aromatic rings. The molecule has 10 heteroatoms. The maximum absolute atomic E-state index is 14.5. The molecule has 0 aliphatic heterocycles. The number of aryl methyl sites for hydroxylation is 1. The molecule has 2 aliphatic carbocycles. The standard InChI is InChI=1S/C23H28F7NO2/c1-19(2,20(3,4)33)31-18(32)17-10-9-15-14-8-6-13(11-12(14)5-7-16(15)17)21(24,22(25,26)27)23(28,29)30/h6,8,11,15-17,33H,5,7,9-10H2,1-4H3,(H,31,32)/t15-,16+,17+/m0/s1. The summed E-state index contributed by atoms with van der Waals surface area (Å²) in [7, 11) is 0. The Kier molecular flexibility index (Phi) is 6.13. The Balaban J connectivity index is 1.88. The molecule has 0 radical (unpaired) electrons. The van der Waals surface area contributed by atoms with E-state index >= 15 is 0 Å². The Morgan fingerprint density at radius 3 is 2.03 bits per heavy atom. The van der Waals surface area contributed by atoms with Crippen molar-refractivity contribution in [3.63, 3.8) is 0 Å². The van der Waals surface area contributed by atoms with Gasteiger partial charge < -0.3 is 10.4 Å². The van der Waals surface area contributed by atoms with Crippen molar-refractivity contribution in [1.29, 1.82) is 0 Å². The molecular weight excluding hydrogens is 455 g/mol. The lowest BCUT2D eigenvalue weighted by Gasteiger charge is -2.40. The first-order chi connectivity index (χ1) is 14.8. The van der Waals surface area contributed by atoms with Crippen molar-refractivity contribution >= 4 is 5.91 Å². The topological polar surface area (TPSA) is 49.3 Å². The zero-order valence-corrected chi connectivity index (χ0v) is 18.8. The number of benzene rings is 1. The first kappa shape index (κ1) is 25.8. The highest BCUT2D eigenvalue weighted by atomic mass is 19.4. The third-order valence-electron chi connectivity index (χ3n) is 7.59. The van der Waals surface area contributed by atoms with Crippen LogP contribution in [-0.2, 0) is 16.9 Å². The molecule has 1 aromatic carbocycles. The largest absolute Gasteiger partial charge is 0.435 e. The molecule has 2 N–H and O–H groups in total. The van der Waals surface area contributed by atoms with Gasteiger partial charge in [0.15, 0.2) is 0 Å². The van der Waals surface area contributed by atoms with Gasteiger partial charge in [0.05, 0.1) is 11.1 Å². The summed E-state index contributed by atoms with van der Waals surface area (Å²) in [5.74, 6) is -0.988. The summed E-state index contributed by atoms with van der Waals surface area (Å²) in [6, 6.07) is 2.39. The smallest absolute Gasteiger partial charge is 0.388 e. The van der Waals surface area contributed by atoms with Crippen molar-refractivity contribution in [2.75, 3.05) is 0 Å². The summed E-state index contributed by atoms with van der Waals surface area (Å²) in [6.45, 7) is 6.54. The molecule has 2 aliphatic rings. The summed E-state index contributed by atoms with van der Waals surface area (Å²) >= 11 is 0. The Hall–Kier alpha value is -1.84. The van der Waals surface area contributed by atoms with Crippen LogP contribution in [0.4, 0.5) is 30.7 Å². The van der Waals surface area contributed by atoms with Crippen LogP contribution in [0.25, 0.3) is 0 Å². The summed E-state index contributed by atoms with van der Waals surface area (Å²) < 4.78 is 93.3. The number of fused-ring (bicyclic) bond motifs is 3. The van der Waals surface area contributed by atoms with Gasteiger partial charge in [0.1, 0.15) is 0 Å². The molecule has 186 valence electrons. The Morgan fingerprint density at radius 1 is 0.939 bits per heavy atom. The van der Waals surface area contributed by atoms with Crippen LogP contribution in [0.2, 0.25) is 0 Å². The molecular formula is C23H28F7NO2. The Labute approximate surface area is 187 Å². The van der Waals surface area contributed by atoms with E-state index in [2.05, 4.69) is 5.32 Å². The number of hydrogen-bond donors (Lipinski definition) is 2. The van der Waals surface area contributed by atoms with E-state index in [0.717, 1.165) is 6.07 Å². The molecule has 1 saturated carbocycles. The fraction of sp³-hybridized carbons (Fsp3) is 0.696. The Morgan fingerprint density at radius 2 is 1.52 bits per heavy atom. The van der Waals surface area contributed by atoms with Crippen molar-refractivity contribution in [2.45, 2.75) is 88.5 Å². The summed E-state index contributed by atoms with van der Waals surface area (Å²) in [5, 5.41) is 13.2. The van der Waals surface area contributed by atoms with Crippen LogP contribution in [0.1, 0.15) is 69.6 Å². The molecule has 0 spiro atoms. The highest BCUT2D eigenvalue weighted by Gasteiger charge is 2.73. The molecule has 3 nitrogen and oxygen atoms in total. The third kappa shape index (κ3) is 4.23. The van der Waals surface area contributed by atoms with E-state index in [1.807, 2.05) is 0 Å². The van der Waals surface area contributed by atoms with Crippen LogP contribution < -0.4 is 5.32 Å². The number of rotatable bonds is 4. The average molecular weight is 483 g/mol. The fourth-order valence-corrected chi connectivity index (χ4v) is 4.94. The van der Waals surface area contributed by atoms with E-state index in [9.17, 15) is 40.6 Å². The van der Waals surface area contributed by atoms with Gasteiger partial charge in [-0.15, -0.1) is 0 Å². The molecule has 0 unspecified atom stereocenters. The van der Waals surface area contributed by atoms with E-state index < -0.39 is 40.6 Å². The quantitative estimate of drug-likeness (QED) is 0.540. The highest BCUT2D eigenvalue weighted by molar-refractivity contribution is 5.80. The number of carbonyl (C=O) groups is 1. The molecule has 3 atom stereocenters. The average Bonchev–Trinajstić information content (AvgIpc) is 3.08. The van der Waals surface area contributed by atoms with Gasteiger partial charge >= 0.3 is 18.0 Å². The number of amides is 1. The first-order valence-corrected chi connectivity index (χ1v) is 10.8. The van der Waals surface area contributed by atoms with E-state index in [4.69, 9.17) is 0 Å². The van der Waals surface area contributed by atoms with Gasteiger partial charge in [0.2, 0.25) is 5.91 Å². The lowest BCUT2D eigenvalue weighted by Crippen LogP contribution is -2.59. The monoisotopic (exact) mass is 483 g/mol. The summed E-state index contributed by atoms with van der Waals surface area (Å²) in [6.07, 6.45) is -10.7. The van der Waals surface area contributed by atoms with Gasteiger partial charge in [0, 0.05) is 11.5 Å². The van der Waals surface area contributed by atoms with E-state index in [1.54, 1.807) is 27.7 Å². The number of nitrogens with one attached hydrogen (secondary N) is 1. The molecule has 0 heterocycles. The van der Waals surface area contributed by atoms with Gasteiger partial charge in [-0.2, -0.15) is 26.3 Å². The number of alkyl halides is 7. The molecule has 0 saturated heterocycles. The van der Waals surface area contributed by atoms with E-state index in [-0.39, 0.29) is 29.7 Å². The SMILES string of the molecule is CC(C)(O)C(C)(C)NC(=O)[C@@H]1CC[C@H]2c3ccc(C(F)(C(F)(F)F)C(F)(F)F)cc3CC[C@@H]12. The maximum Gasteiger partial charge on any atom is 0.435 e. The van der Waals surface area contributed by atoms with Crippen molar-refractivity contribution < 1.29 is 40.6 Å².